The Kier molecular flexibility index (Phi) is 3.89. The Bertz CT molecular complexity index is 348. The van der Waals surface area contributed by atoms with Crippen LogP contribution < -0.4 is 5.32 Å². The van der Waals surface area contributed by atoms with Crippen molar-refractivity contribution in [2.45, 2.75) is 32.4 Å². The van der Waals surface area contributed by atoms with E-state index in [-0.39, 0.29) is 12.1 Å². The van der Waals surface area contributed by atoms with Crippen LogP contribution in [0.3, 0.4) is 0 Å². The van der Waals surface area contributed by atoms with Crippen molar-refractivity contribution >= 4 is 0 Å². The molecule has 0 aromatic carbocycles. The molecule has 82 valence electrons. The Balaban J connectivity index is 2.53. The van der Waals surface area contributed by atoms with Crippen molar-refractivity contribution in [1.82, 2.24) is 5.32 Å². The van der Waals surface area contributed by atoms with E-state index in [1.54, 1.807) is 12.1 Å². The molecular formula is C11H16N2O2. The van der Waals surface area contributed by atoms with E-state index < -0.39 is 0 Å². The van der Waals surface area contributed by atoms with Gasteiger partial charge in [-0.05, 0) is 25.5 Å². The van der Waals surface area contributed by atoms with Crippen LogP contribution in [0.5, 0.6) is 0 Å². The maximum atomic E-state index is 9.17. The zero-order valence-electron chi connectivity index (χ0n) is 9.08. The largest absolute Gasteiger partial charge is 0.449 e. The van der Waals surface area contributed by atoms with Crippen LogP contribution in [-0.4, -0.2) is 17.3 Å². The fraction of sp³-hybridized carbons (Fsp3) is 0.545. The molecule has 0 saturated heterocycles. The monoisotopic (exact) mass is 208 g/mol. The van der Waals surface area contributed by atoms with Crippen LogP contribution in [0, 0.1) is 11.3 Å². The molecule has 0 radical (unpaired) electrons. The predicted octanol–water partition coefficient (Wildman–Crippen LogP) is 1.40. The van der Waals surface area contributed by atoms with E-state index in [9.17, 15) is 0 Å². The number of hydrogen-bond donors (Lipinski definition) is 2. The molecule has 0 aliphatic rings. The molecule has 1 rings (SSSR count). The SMILES string of the molecule is CCC(C)(CO)NCc1ccc(C#N)o1. The quantitative estimate of drug-likeness (QED) is 0.767. The van der Waals surface area contributed by atoms with Crippen LogP contribution in [0.1, 0.15) is 31.8 Å². The van der Waals surface area contributed by atoms with Gasteiger partial charge in [-0.1, -0.05) is 6.92 Å². The molecule has 4 nitrogen and oxygen atoms in total. The molecule has 1 unspecified atom stereocenters. The summed E-state index contributed by atoms with van der Waals surface area (Å²) >= 11 is 0. The predicted molar refractivity (Wildman–Crippen MR) is 56.0 cm³/mol. The Morgan fingerprint density at radius 3 is 2.80 bits per heavy atom. The Morgan fingerprint density at radius 2 is 2.33 bits per heavy atom. The van der Waals surface area contributed by atoms with Gasteiger partial charge in [0.2, 0.25) is 5.76 Å². The number of nitrogens with one attached hydrogen (secondary N) is 1. The normalized spacial score (nSPS) is 14.5. The lowest BCUT2D eigenvalue weighted by atomic mass is 10.0. The minimum atomic E-state index is -0.292. The Labute approximate surface area is 89.5 Å². The highest BCUT2D eigenvalue weighted by atomic mass is 16.3. The minimum Gasteiger partial charge on any atom is -0.449 e. The highest BCUT2D eigenvalue weighted by Gasteiger charge is 2.20. The molecule has 4 heteroatoms. The van der Waals surface area contributed by atoms with Gasteiger partial charge in [-0.25, -0.2) is 0 Å². The molecule has 0 fully saturated rings. The van der Waals surface area contributed by atoms with Crippen LogP contribution in [0.4, 0.5) is 0 Å². The molecular weight excluding hydrogens is 192 g/mol. The highest BCUT2D eigenvalue weighted by molar-refractivity contribution is 5.19. The Hall–Kier alpha value is -1.31. The average Bonchev–Trinajstić information content (AvgIpc) is 2.74. The number of rotatable bonds is 5. The van der Waals surface area contributed by atoms with Gasteiger partial charge in [0.1, 0.15) is 11.8 Å². The highest BCUT2D eigenvalue weighted by Crippen LogP contribution is 2.11. The number of aliphatic hydroxyl groups is 1. The van der Waals surface area contributed by atoms with E-state index in [2.05, 4.69) is 5.32 Å². The molecule has 1 aromatic heterocycles. The molecule has 0 saturated carbocycles. The molecule has 0 bridgehead atoms. The first-order valence-electron chi connectivity index (χ1n) is 4.98. The summed E-state index contributed by atoms with van der Waals surface area (Å²) in [4.78, 5) is 0. The number of nitriles is 1. The maximum Gasteiger partial charge on any atom is 0.203 e. The van der Waals surface area contributed by atoms with Crippen molar-refractivity contribution in [3.8, 4) is 6.07 Å². The topological polar surface area (TPSA) is 69.2 Å². The van der Waals surface area contributed by atoms with Gasteiger partial charge in [0.15, 0.2) is 0 Å². The van der Waals surface area contributed by atoms with Crippen molar-refractivity contribution in [3.63, 3.8) is 0 Å². The number of furan rings is 1. The van der Waals surface area contributed by atoms with Gasteiger partial charge >= 0.3 is 0 Å². The summed E-state index contributed by atoms with van der Waals surface area (Å²) in [5.74, 6) is 1.02. The third-order valence-electron chi connectivity index (χ3n) is 2.59. The van der Waals surface area contributed by atoms with E-state index in [4.69, 9.17) is 14.8 Å². The zero-order chi connectivity index (χ0) is 11.3. The van der Waals surface area contributed by atoms with Gasteiger partial charge in [-0.3, -0.25) is 0 Å². The first-order valence-corrected chi connectivity index (χ1v) is 4.98. The summed E-state index contributed by atoms with van der Waals surface area (Å²) in [5.41, 5.74) is -0.292. The van der Waals surface area contributed by atoms with Crippen LogP contribution in [0.2, 0.25) is 0 Å². The van der Waals surface area contributed by atoms with Gasteiger partial charge in [0.05, 0.1) is 13.2 Å². The molecule has 0 spiro atoms. The Morgan fingerprint density at radius 1 is 1.60 bits per heavy atom. The maximum absolute atomic E-state index is 9.17. The van der Waals surface area contributed by atoms with Crippen LogP contribution in [0.25, 0.3) is 0 Å². The third kappa shape index (κ3) is 3.08. The van der Waals surface area contributed by atoms with E-state index >= 15 is 0 Å². The standard InChI is InChI=1S/C11H16N2O2/c1-3-11(2,8-14)13-7-10-5-4-9(6-12)15-10/h4-5,13-14H,3,7-8H2,1-2H3. The minimum absolute atomic E-state index is 0.0787. The summed E-state index contributed by atoms with van der Waals surface area (Å²) in [6.45, 7) is 4.55. The lowest BCUT2D eigenvalue weighted by molar-refractivity contribution is 0.166. The second-order valence-electron chi connectivity index (χ2n) is 3.80. The molecule has 0 aliphatic heterocycles. The number of hydrogen-bond acceptors (Lipinski definition) is 4. The van der Waals surface area contributed by atoms with Gasteiger partial charge < -0.3 is 14.8 Å². The van der Waals surface area contributed by atoms with Crippen molar-refractivity contribution in [3.05, 3.63) is 23.7 Å². The molecule has 1 aromatic rings. The summed E-state index contributed by atoms with van der Waals surface area (Å²) in [7, 11) is 0. The fourth-order valence-electron chi connectivity index (χ4n) is 1.13. The second kappa shape index (κ2) is 4.96. The van der Waals surface area contributed by atoms with Crippen LogP contribution >= 0.6 is 0 Å². The van der Waals surface area contributed by atoms with Gasteiger partial charge in [0, 0.05) is 5.54 Å². The summed E-state index contributed by atoms with van der Waals surface area (Å²) < 4.78 is 5.21. The van der Waals surface area contributed by atoms with E-state index in [0.717, 1.165) is 6.42 Å². The molecule has 15 heavy (non-hydrogen) atoms. The van der Waals surface area contributed by atoms with Crippen molar-refractivity contribution in [2.75, 3.05) is 6.61 Å². The summed E-state index contributed by atoms with van der Waals surface area (Å²) in [5, 5.41) is 20.9. The van der Waals surface area contributed by atoms with Crippen molar-refractivity contribution in [2.24, 2.45) is 0 Å². The average molecular weight is 208 g/mol. The number of aliphatic hydroxyl groups excluding tert-OH is 1. The fourth-order valence-corrected chi connectivity index (χ4v) is 1.13. The van der Waals surface area contributed by atoms with Crippen molar-refractivity contribution in [1.29, 1.82) is 5.26 Å². The smallest absolute Gasteiger partial charge is 0.203 e. The summed E-state index contributed by atoms with van der Waals surface area (Å²) in [6.07, 6.45) is 0.829. The number of nitrogens with zero attached hydrogens (tertiary/aromatic N) is 1. The summed E-state index contributed by atoms with van der Waals surface area (Å²) in [6, 6.07) is 5.33. The second-order valence-corrected chi connectivity index (χ2v) is 3.80. The molecule has 1 heterocycles. The van der Waals surface area contributed by atoms with Crippen LogP contribution in [-0.2, 0) is 6.54 Å². The molecule has 1 atom stereocenters. The lowest BCUT2D eigenvalue weighted by Crippen LogP contribution is -2.44. The van der Waals surface area contributed by atoms with Gasteiger partial charge in [0.25, 0.3) is 0 Å². The van der Waals surface area contributed by atoms with E-state index in [0.29, 0.717) is 18.1 Å². The third-order valence-corrected chi connectivity index (χ3v) is 2.59. The first kappa shape index (κ1) is 11.8. The first-order chi connectivity index (χ1) is 7.13. The molecule has 2 N–H and O–H groups in total. The van der Waals surface area contributed by atoms with E-state index in [1.165, 1.54) is 0 Å². The van der Waals surface area contributed by atoms with Gasteiger partial charge in [-0.15, -0.1) is 0 Å². The van der Waals surface area contributed by atoms with Gasteiger partial charge in [-0.2, -0.15) is 5.26 Å². The van der Waals surface area contributed by atoms with Crippen LogP contribution in [0.15, 0.2) is 16.5 Å². The van der Waals surface area contributed by atoms with E-state index in [1.807, 2.05) is 19.9 Å². The lowest BCUT2D eigenvalue weighted by Gasteiger charge is -2.26. The molecule has 0 aliphatic carbocycles. The zero-order valence-corrected chi connectivity index (χ0v) is 9.08. The van der Waals surface area contributed by atoms with Crippen molar-refractivity contribution < 1.29 is 9.52 Å². The molecule has 0 amide bonds.